The summed E-state index contributed by atoms with van der Waals surface area (Å²) in [6, 6.07) is 16.5. The topological polar surface area (TPSA) is 75.7 Å². The first kappa shape index (κ1) is 21.8. The molecule has 0 unspecified atom stereocenters. The van der Waals surface area contributed by atoms with Crippen molar-refractivity contribution in [1.29, 1.82) is 0 Å². The molecule has 152 valence electrons. The Morgan fingerprint density at radius 2 is 1.64 bits per heavy atom. The molecule has 0 fully saturated rings. The van der Waals surface area contributed by atoms with E-state index < -0.39 is 10.0 Å². The molecule has 0 aliphatic heterocycles. The van der Waals surface area contributed by atoms with Gasteiger partial charge in [0.1, 0.15) is 18.9 Å². The van der Waals surface area contributed by atoms with E-state index in [1.165, 1.54) is 0 Å². The van der Waals surface area contributed by atoms with E-state index in [4.69, 9.17) is 4.74 Å². The van der Waals surface area contributed by atoms with Crippen molar-refractivity contribution in [3.05, 3.63) is 60.2 Å². The van der Waals surface area contributed by atoms with E-state index in [-0.39, 0.29) is 24.4 Å². The molecule has 2 aromatic carbocycles. The Morgan fingerprint density at radius 3 is 2.18 bits per heavy atom. The van der Waals surface area contributed by atoms with Crippen molar-refractivity contribution in [3.63, 3.8) is 0 Å². The number of carbonyl (C=O) groups excluding carboxylic acids is 1. The van der Waals surface area contributed by atoms with Gasteiger partial charge in [-0.1, -0.05) is 51.1 Å². The van der Waals surface area contributed by atoms with E-state index in [2.05, 4.69) is 26.1 Å². The van der Waals surface area contributed by atoms with Crippen LogP contribution in [0.15, 0.2) is 54.6 Å². The van der Waals surface area contributed by atoms with Gasteiger partial charge in [0.05, 0.1) is 18.5 Å². The van der Waals surface area contributed by atoms with Crippen LogP contribution in [0.2, 0.25) is 0 Å². The largest absolute Gasteiger partial charge is 0.492 e. The third-order valence-corrected chi connectivity index (χ3v) is 5.29. The lowest BCUT2D eigenvalue weighted by Crippen LogP contribution is -2.41. The number of hydrogen-bond donors (Lipinski definition) is 1. The standard InChI is InChI=1S/C21H28N2O4S/c1-21(2,3)17-10-12-18(13-11-17)23(28(4,25)26)16-20(24)22-14-15-27-19-8-6-5-7-9-19/h5-13H,14-16H2,1-4H3,(H,22,24). The maximum Gasteiger partial charge on any atom is 0.240 e. The fourth-order valence-electron chi connectivity index (χ4n) is 2.59. The molecule has 0 aromatic heterocycles. The summed E-state index contributed by atoms with van der Waals surface area (Å²) < 4.78 is 31.0. The third-order valence-electron chi connectivity index (χ3n) is 4.15. The maximum absolute atomic E-state index is 12.2. The quantitative estimate of drug-likeness (QED) is 0.687. The van der Waals surface area contributed by atoms with Crippen LogP contribution >= 0.6 is 0 Å². The number of benzene rings is 2. The smallest absolute Gasteiger partial charge is 0.240 e. The second-order valence-corrected chi connectivity index (χ2v) is 9.48. The number of nitrogens with one attached hydrogen (secondary N) is 1. The predicted octanol–water partition coefficient (Wildman–Crippen LogP) is 2.95. The van der Waals surface area contributed by atoms with Crippen LogP contribution in [0.5, 0.6) is 5.75 Å². The third kappa shape index (κ3) is 6.56. The first-order valence-corrected chi connectivity index (χ1v) is 10.9. The number of para-hydroxylation sites is 1. The van der Waals surface area contributed by atoms with Gasteiger partial charge in [-0.05, 0) is 35.2 Å². The van der Waals surface area contributed by atoms with Crippen molar-refractivity contribution < 1.29 is 17.9 Å². The summed E-state index contributed by atoms with van der Waals surface area (Å²) in [6.07, 6.45) is 1.09. The van der Waals surface area contributed by atoms with Gasteiger partial charge in [-0.15, -0.1) is 0 Å². The van der Waals surface area contributed by atoms with Gasteiger partial charge in [0, 0.05) is 0 Å². The second kappa shape index (κ2) is 9.10. The number of nitrogens with zero attached hydrogens (tertiary/aromatic N) is 1. The monoisotopic (exact) mass is 404 g/mol. The number of anilines is 1. The van der Waals surface area contributed by atoms with Gasteiger partial charge in [0.25, 0.3) is 0 Å². The van der Waals surface area contributed by atoms with Crippen molar-refractivity contribution >= 4 is 21.6 Å². The van der Waals surface area contributed by atoms with E-state index >= 15 is 0 Å². The summed E-state index contributed by atoms with van der Waals surface area (Å²) in [5.74, 6) is 0.329. The molecule has 7 heteroatoms. The Labute approximate surface area is 167 Å². The fourth-order valence-corrected chi connectivity index (χ4v) is 3.45. The molecule has 6 nitrogen and oxygen atoms in total. The molecule has 0 heterocycles. The number of sulfonamides is 1. The van der Waals surface area contributed by atoms with Crippen LogP contribution in [0.4, 0.5) is 5.69 Å². The zero-order valence-corrected chi connectivity index (χ0v) is 17.6. The maximum atomic E-state index is 12.2. The molecule has 1 amide bonds. The van der Waals surface area contributed by atoms with Gasteiger partial charge in [-0.25, -0.2) is 8.42 Å². The van der Waals surface area contributed by atoms with E-state index in [1.54, 1.807) is 12.1 Å². The molecule has 0 aliphatic rings. The molecule has 28 heavy (non-hydrogen) atoms. The van der Waals surface area contributed by atoms with Gasteiger partial charge >= 0.3 is 0 Å². The van der Waals surface area contributed by atoms with Crippen molar-refractivity contribution in [2.75, 3.05) is 30.3 Å². The van der Waals surface area contributed by atoms with Gasteiger partial charge in [-0.2, -0.15) is 0 Å². The SMILES string of the molecule is CC(C)(C)c1ccc(N(CC(=O)NCCOc2ccccc2)S(C)(=O)=O)cc1. The number of carbonyl (C=O) groups is 1. The van der Waals surface area contributed by atoms with E-state index in [0.29, 0.717) is 18.0 Å². The van der Waals surface area contributed by atoms with Crippen LogP contribution in [0.3, 0.4) is 0 Å². The van der Waals surface area contributed by atoms with Crippen LogP contribution in [-0.4, -0.2) is 40.3 Å². The summed E-state index contributed by atoms with van der Waals surface area (Å²) >= 11 is 0. The summed E-state index contributed by atoms with van der Waals surface area (Å²) in [4.78, 5) is 12.2. The first-order chi connectivity index (χ1) is 13.1. The Kier molecular flexibility index (Phi) is 7.07. The summed E-state index contributed by atoms with van der Waals surface area (Å²) in [6.45, 7) is 6.56. The highest BCUT2D eigenvalue weighted by Gasteiger charge is 2.21. The lowest BCUT2D eigenvalue weighted by molar-refractivity contribution is -0.119. The highest BCUT2D eigenvalue weighted by molar-refractivity contribution is 7.92. The van der Waals surface area contributed by atoms with Crippen LogP contribution in [-0.2, 0) is 20.2 Å². The number of ether oxygens (including phenoxy) is 1. The molecule has 0 spiro atoms. The molecule has 0 saturated heterocycles. The Bertz CT molecular complexity index is 873. The van der Waals surface area contributed by atoms with Crippen LogP contribution in [0, 0.1) is 0 Å². The van der Waals surface area contributed by atoms with Gasteiger partial charge in [-0.3, -0.25) is 9.10 Å². The minimum absolute atomic E-state index is 0.0371. The number of rotatable bonds is 8. The molecule has 2 rings (SSSR count). The van der Waals surface area contributed by atoms with Crippen molar-refractivity contribution in [2.24, 2.45) is 0 Å². The molecule has 2 aromatic rings. The van der Waals surface area contributed by atoms with Crippen molar-refractivity contribution in [2.45, 2.75) is 26.2 Å². The summed E-state index contributed by atoms with van der Waals surface area (Å²) in [5.41, 5.74) is 1.52. The van der Waals surface area contributed by atoms with Crippen molar-refractivity contribution in [3.8, 4) is 5.75 Å². The molecular weight excluding hydrogens is 376 g/mol. The molecule has 0 radical (unpaired) electrons. The molecule has 1 N–H and O–H groups in total. The highest BCUT2D eigenvalue weighted by Crippen LogP contribution is 2.25. The van der Waals surface area contributed by atoms with Crippen LogP contribution in [0.1, 0.15) is 26.3 Å². The van der Waals surface area contributed by atoms with E-state index in [9.17, 15) is 13.2 Å². The predicted molar refractivity (Wildman–Crippen MR) is 112 cm³/mol. The zero-order valence-electron chi connectivity index (χ0n) is 16.8. The highest BCUT2D eigenvalue weighted by atomic mass is 32.2. The Balaban J connectivity index is 1.95. The molecular formula is C21H28N2O4S. The lowest BCUT2D eigenvalue weighted by Gasteiger charge is -2.24. The summed E-state index contributed by atoms with van der Waals surface area (Å²) in [7, 11) is -3.59. The van der Waals surface area contributed by atoms with Gasteiger partial charge < -0.3 is 10.1 Å². The molecule has 0 saturated carbocycles. The van der Waals surface area contributed by atoms with Gasteiger partial charge in [0.15, 0.2) is 0 Å². The number of amides is 1. The lowest BCUT2D eigenvalue weighted by atomic mass is 9.87. The second-order valence-electron chi connectivity index (χ2n) is 7.58. The minimum atomic E-state index is -3.59. The van der Waals surface area contributed by atoms with Crippen LogP contribution in [0.25, 0.3) is 0 Å². The zero-order chi connectivity index (χ0) is 20.8. The Hall–Kier alpha value is -2.54. The van der Waals surface area contributed by atoms with Crippen LogP contribution < -0.4 is 14.4 Å². The molecule has 0 atom stereocenters. The first-order valence-electron chi connectivity index (χ1n) is 9.10. The van der Waals surface area contributed by atoms with E-state index in [1.807, 2.05) is 42.5 Å². The number of hydrogen-bond acceptors (Lipinski definition) is 4. The average molecular weight is 405 g/mol. The van der Waals surface area contributed by atoms with Gasteiger partial charge in [0.2, 0.25) is 15.9 Å². The summed E-state index contributed by atoms with van der Waals surface area (Å²) in [5, 5.41) is 2.69. The molecule has 0 aliphatic carbocycles. The fraction of sp³-hybridized carbons (Fsp3) is 0.381. The minimum Gasteiger partial charge on any atom is -0.492 e. The van der Waals surface area contributed by atoms with Crippen molar-refractivity contribution in [1.82, 2.24) is 5.32 Å². The molecule has 0 bridgehead atoms. The van der Waals surface area contributed by atoms with E-state index in [0.717, 1.165) is 16.1 Å². The average Bonchev–Trinajstić information content (AvgIpc) is 2.63. The normalized spacial score (nSPS) is 11.7. The Morgan fingerprint density at radius 1 is 1.04 bits per heavy atom.